The monoisotopic (exact) mass is 380 g/mol. The number of thiophene rings is 1. The maximum Gasteiger partial charge on any atom is 0.262 e. The van der Waals surface area contributed by atoms with Gasteiger partial charge in [0.25, 0.3) is 11.4 Å². The molecule has 1 aromatic carbocycles. The fourth-order valence-corrected chi connectivity index (χ4v) is 4.20. The molecule has 1 saturated heterocycles. The highest BCUT2D eigenvalue weighted by Crippen LogP contribution is 2.30. The van der Waals surface area contributed by atoms with Crippen LogP contribution in [0.5, 0.6) is 0 Å². The van der Waals surface area contributed by atoms with Crippen LogP contribution in [0.15, 0.2) is 52.0 Å². The third kappa shape index (κ3) is 3.07. The Hall–Kier alpha value is -2.84. The SMILES string of the molecule is O=c1c2cc(-c3ccccc3)sc2ncn1Cc1noc([C@H]2CCCO2)n1. The first kappa shape index (κ1) is 16.3. The molecule has 0 spiro atoms. The minimum absolute atomic E-state index is 0.109. The Kier molecular flexibility index (Phi) is 4.06. The number of benzene rings is 1. The first-order valence-electron chi connectivity index (χ1n) is 8.76. The van der Waals surface area contributed by atoms with Gasteiger partial charge in [-0.1, -0.05) is 35.5 Å². The van der Waals surface area contributed by atoms with Gasteiger partial charge in [0.05, 0.1) is 18.3 Å². The zero-order chi connectivity index (χ0) is 18.2. The summed E-state index contributed by atoms with van der Waals surface area (Å²) < 4.78 is 12.4. The van der Waals surface area contributed by atoms with Gasteiger partial charge in [0.1, 0.15) is 10.9 Å². The van der Waals surface area contributed by atoms with E-state index in [1.165, 1.54) is 22.2 Å². The molecule has 8 heteroatoms. The Morgan fingerprint density at radius 1 is 1.26 bits per heavy atom. The van der Waals surface area contributed by atoms with Crippen LogP contribution >= 0.6 is 11.3 Å². The van der Waals surface area contributed by atoms with E-state index in [0.717, 1.165) is 28.1 Å². The summed E-state index contributed by atoms with van der Waals surface area (Å²) in [6.07, 6.45) is 3.28. The van der Waals surface area contributed by atoms with Crippen LogP contribution in [0.3, 0.4) is 0 Å². The molecule has 0 radical (unpaired) electrons. The van der Waals surface area contributed by atoms with Crippen LogP contribution in [0, 0.1) is 0 Å². The average molecular weight is 380 g/mol. The second kappa shape index (κ2) is 6.71. The molecule has 3 aromatic heterocycles. The lowest BCUT2D eigenvalue weighted by molar-refractivity contribution is 0.0835. The molecule has 5 rings (SSSR count). The van der Waals surface area contributed by atoms with Gasteiger partial charge in [-0.2, -0.15) is 4.98 Å². The van der Waals surface area contributed by atoms with Crippen molar-refractivity contribution in [2.75, 3.05) is 6.61 Å². The summed E-state index contributed by atoms with van der Waals surface area (Å²) in [6, 6.07) is 11.9. The molecule has 4 aromatic rings. The first-order chi connectivity index (χ1) is 13.3. The predicted octanol–water partition coefficient (Wildman–Crippen LogP) is 3.41. The number of hydrogen-bond acceptors (Lipinski definition) is 7. The highest BCUT2D eigenvalue weighted by atomic mass is 32.1. The Morgan fingerprint density at radius 3 is 2.96 bits per heavy atom. The van der Waals surface area contributed by atoms with Crippen LogP contribution in [-0.2, 0) is 11.3 Å². The van der Waals surface area contributed by atoms with Crippen molar-refractivity contribution >= 4 is 21.6 Å². The van der Waals surface area contributed by atoms with Crippen molar-refractivity contribution in [2.45, 2.75) is 25.5 Å². The molecular weight excluding hydrogens is 364 g/mol. The maximum absolute atomic E-state index is 12.9. The summed E-state index contributed by atoms with van der Waals surface area (Å²) in [4.78, 5) is 23.4. The molecule has 0 bridgehead atoms. The van der Waals surface area contributed by atoms with Gasteiger partial charge < -0.3 is 9.26 Å². The highest BCUT2D eigenvalue weighted by molar-refractivity contribution is 7.21. The zero-order valence-corrected chi connectivity index (χ0v) is 15.2. The van der Waals surface area contributed by atoms with Crippen molar-refractivity contribution in [1.29, 1.82) is 0 Å². The van der Waals surface area contributed by atoms with E-state index in [4.69, 9.17) is 9.26 Å². The quantitative estimate of drug-likeness (QED) is 0.540. The van der Waals surface area contributed by atoms with E-state index in [1.54, 1.807) is 0 Å². The van der Waals surface area contributed by atoms with Crippen LogP contribution in [0.4, 0.5) is 0 Å². The molecule has 1 atom stereocenters. The van der Waals surface area contributed by atoms with E-state index < -0.39 is 0 Å². The van der Waals surface area contributed by atoms with Crippen molar-refractivity contribution in [1.82, 2.24) is 19.7 Å². The molecule has 1 aliphatic rings. The van der Waals surface area contributed by atoms with Gasteiger partial charge in [0, 0.05) is 11.5 Å². The molecule has 0 amide bonds. The number of aromatic nitrogens is 4. The van der Waals surface area contributed by atoms with E-state index in [2.05, 4.69) is 15.1 Å². The van der Waals surface area contributed by atoms with Gasteiger partial charge in [-0.15, -0.1) is 11.3 Å². The van der Waals surface area contributed by atoms with Crippen molar-refractivity contribution in [3.63, 3.8) is 0 Å². The van der Waals surface area contributed by atoms with Crippen LogP contribution in [0.2, 0.25) is 0 Å². The third-order valence-corrected chi connectivity index (χ3v) is 5.67. The summed E-state index contributed by atoms with van der Waals surface area (Å²) in [5, 5.41) is 4.58. The molecular formula is C19H16N4O3S. The lowest BCUT2D eigenvalue weighted by atomic mass is 10.2. The molecule has 1 aliphatic heterocycles. The summed E-state index contributed by atoms with van der Waals surface area (Å²) in [5.41, 5.74) is 0.965. The standard InChI is InChI=1S/C19H16N4O3S/c24-19-13-9-15(12-5-2-1-3-6-12)27-18(13)20-11-23(19)10-16-21-17(26-22-16)14-7-4-8-25-14/h1-3,5-6,9,11,14H,4,7-8,10H2/t14-/m1/s1. The fraction of sp³-hybridized carbons (Fsp3) is 0.263. The maximum atomic E-state index is 12.9. The van der Waals surface area contributed by atoms with E-state index >= 15 is 0 Å². The number of nitrogens with zero attached hydrogens (tertiary/aromatic N) is 4. The summed E-state index contributed by atoms with van der Waals surface area (Å²) in [6.45, 7) is 0.929. The van der Waals surface area contributed by atoms with Crippen LogP contribution in [0.1, 0.15) is 30.7 Å². The minimum Gasteiger partial charge on any atom is -0.368 e. The summed E-state index contributed by atoms with van der Waals surface area (Å²) >= 11 is 1.51. The van der Waals surface area contributed by atoms with Gasteiger partial charge in [0.2, 0.25) is 0 Å². The predicted molar refractivity (Wildman–Crippen MR) is 101 cm³/mol. The molecule has 136 valence electrons. The first-order valence-corrected chi connectivity index (χ1v) is 9.58. The Balaban J connectivity index is 1.45. The van der Waals surface area contributed by atoms with Gasteiger partial charge in [-0.3, -0.25) is 9.36 Å². The molecule has 4 heterocycles. The zero-order valence-electron chi connectivity index (χ0n) is 14.4. The second-order valence-corrected chi connectivity index (χ2v) is 7.45. The Morgan fingerprint density at radius 2 is 2.15 bits per heavy atom. The fourth-order valence-electron chi connectivity index (χ4n) is 3.20. The molecule has 7 nitrogen and oxygen atoms in total. The van der Waals surface area contributed by atoms with Gasteiger partial charge in [0.15, 0.2) is 5.82 Å². The molecule has 1 fully saturated rings. The molecule has 0 saturated carbocycles. The summed E-state index contributed by atoms with van der Waals surface area (Å²) in [5.74, 6) is 0.925. The van der Waals surface area contributed by atoms with E-state index in [-0.39, 0.29) is 18.2 Å². The van der Waals surface area contributed by atoms with Gasteiger partial charge >= 0.3 is 0 Å². The van der Waals surface area contributed by atoms with Crippen LogP contribution in [-0.4, -0.2) is 26.3 Å². The minimum atomic E-state index is -0.131. The van der Waals surface area contributed by atoms with Crippen molar-refractivity contribution in [3.05, 3.63) is 64.8 Å². The Labute approximate surface area is 158 Å². The Bertz CT molecular complexity index is 1140. The van der Waals surface area contributed by atoms with Crippen molar-refractivity contribution < 1.29 is 9.26 Å². The van der Waals surface area contributed by atoms with Crippen LogP contribution < -0.4 is 5.56 Å². The van der Waals surface area contributed by atoms with Crippen molar-refractivity contribution in [3.8, 4) is 10.4 Å². The van der Waals surface area contributed by atoms with E-state index in [9.17, 15) is 4.79 Å². The average Bonchev–Trinajstić information content (AvgIpc) is 3.45. The van der Waals surface area contributed by atoms with Gasteiger partial charge in [-0.05, 0) is 24.5 Å². The normalized spacial score (nSPS) is 17.0. The number of fused-ring (bicyclic) bond motifs is 1. The molecule has 27 heavy (non-hydrogen) atoms. The molecule has 0 aliphatic carbocycles. The second-order valence-electron chi connectivity index (χ2n) is 6.42. The largest absolute Gasteiger partial charge is 0.368 e. The number of ether oxygens (including phenoxy) is 1. The number of hydrogen-bond donors (Lipinski definition) is 0. The third-order valence-electron chi connectivity index (χ3n) is 4.58. The lowest BCUT2D eigenvalue weighted by Crippen LogP contribution is -2.21. The summed E-state index contributed by atoms with van der Waals surface area (Å²) in [7, 11) is 0. The smallest absolute Gasteiger partial charge is 0.262 e. The topological polar surface area (TPSA) is 83.0 Å². The highest BCUT2D eigenvalue weighted by Gasteiger charge is 2.24. The lowest BCUT2D eigenvalue weighted by Gasteiger charge is -2.01. The number of rotatable bonds is 4. The van der Waals surface area contributed by atoms with Crippen LogP contribution in [0.25, 0.3) is 20.7 Å². The molecule has 0 unspecified atom stereocenters. The van der Waals surface area contributed by atoms with E-state index in [0.29, 0.717) is 23.7 Å². The van der Waals surface area contributed by atoms with E-state index in [1.807, 2.05) is 36.4 Å². The van der Waals surface area contributed by atoms with Gasteiger partial charge in [-0.25, -0.2) is 4.98 Å². The van der Waals surface area contributed by atoms with Crippen molar-refractivity contribution in [2.24, 2.45) is 0 Å². The molecule has 0 N–H and O–H groups in total.